The molecule has 2 aromatic carbocycles. The van der Waals surface area contributed by atoms with Crippen LogP contribution in [0.2, 0.25) is 0 Å². The van der Waals surface area contributed by atoms with Crippen LogP contribution >= 0.6 is 0 Å². The molecule has 1 amide bonds. The molecule has 1 aliphatic rings. The second kappa shape index (κ2) is 9.02. The molecule has 1 saturated heterocycles. The molecule has 8 heteroatoms. The Morgan fingerprint density at radius 2 is 1.79 bits per heavy atom. The molecule has 0 unspecified atom stereocenters. The van der Waals surface area contributed by atoms with E-state index in [0.29, 0.717) is 18.7 Å². The van der Waals surface area contributed by atoms with Gasteiger partial charge in [0.2, 0.25) is 0 Å². The van der Waals surface area contributed by atoms with Gasteiger partial charge in [0.25, 0.3) is 5.91 Å². The van der Waals surface area contributed by atoms with E-state index in [4.69, 9.17) is 4.52 Å². The standard InChI is InChI=1S/C25H29N3O4S/c1-17-5-8-20(13-18(17)2)24-14-23(26-32-24)25(29)28(22-11-12-33(30,31)16-22)15-19-6-9-21(10-7-19)27(3)4/h5-10,13-14,22H,11-12,15-16H2,1-4H3/t22-/m0/s1. The van der Waals surface area contributed by atoms with E-state index in [1.807, 2.05) is 75.3 Å². The second-order valence-corrected chi connectivity index (χ2v) is 11.2. The maximum Gasteiger partial charge on any atom is 0.276 e. The molecular formula is C25H29N3O4S. The fourth-order valence-corrected chi connectivity index (χ4v) is 5.77. The Kier molecular flexibility index (Phi) is 6.30. The van der Waals surface area contributed by atoms with E-state index in [-0.39, 0.29) is 23.1 Å². The lowest BCUT2D eigenvalue weighted by Crippen LogP contribution is -2.40. The summed E-state index contributed by atoms with van der Waals surface area (Å²) in [5.74, 6) is 0.243. The third-order valence-corrected chi connectivity index (χ3v) is 7.99. The van der Waals surface area contributed by atoms with Gasteiger partial charge in [0.15, 0.2) is 21.3 Å². The number of hydrogen-bond donors (Lipinski definition) is 0. The van der Waals surface area contributed by atoms with Gasteiger partial charge in [-0.1, -0.05) is 29.4 Å². The molecule has 0 radical (unpaired) electrons. The Morgan fingerprint density at radius 1 is 1.06 bits per heavy atom. The summed E-state index contributed by atoms with van der Waals surface area (Å²) in [5, 5.41) is 4.03. The number of hydrogen-bond acceptors (Lipinski definition) is 6. The van der Waals surface area contributed by atoms with Gasteiger partial charge in [0, 0.05) is 44.0 Å². The Hall–Kier alpha value is -3.13. The Labute approximate surface area is 194 Å². The first kappa shape index (κ1) is 23.0. The van der Waals surface area contributed by atoms with Crippen LogP contribution in [0.15, 0.2) is 53.1 Å². The maximum absolute atomic E-state index is 13.5. The lowest BCUT2D eigenvalue weighted by molar-refractivity contribution is 0.0670. The van der Waals surface area contributed by atoms with Crippen LogP contribution in [0.3, 0.4) is 0 Å². The highest BCUT2D eigenvalue weighted by molar-refractivity contribution is 7.91. The van der Waals surface area contributed by atoms with Gasteiger partial charge in [0.1, 0.15) is 0 Å². The highest BCUT2D eigenvalue weighted by Gasteiger charge is 2.36. The zero-order valence-electron chi connectivity index (χ0n) is 19.4. The van der Waals surface area contributed by atoms with Crippen molar-refractivity contribution < 1.29 is 17.7 Å². The summed E-state index contributed by atoms with van der Waals surface area (Å²) in [6, 6.07) is 15.1. The minimum Gasteiger partial charge on any atom is -0.378 e. The zero-order valence-corrected chi connectivity index (χ0v) is 20.2. The van der Waals surface area contributed by atoms with Crippen LogP contribution in [0.1, 0.15) is 33.6 Å². The predicted octanol–water partition coefficient (Wildman–Crippen LogP) is 3.85. The average molecular weight is 468 g/mol. The number of carbonyl (C=O) groups is 1. The molecule has 2 heterocycles. The number of carbonyl (C=O) groups excluding carboxylic acids is 1. The smallest absolute Gasteiger partial charge is 0.276 e. The van der Waals surface area contributed by atoms with E-state index in [1.165, 1.54) is 5.56 Å². The number of rotatable bonds is 6. The molecule has 0 aliphatic carbocycles. The Morgan fingerprint density at radius 3 is 2.39 bits per heavy atom. The van der Waals surface area contributed by atoms with Crippen LogP contribution in [0.4, 0.5) is 5.69 Å². The topological polar surface area (TPSA) is 83.7 Å². The highest BCUT2D eigenvalue weighted by atomic mass is 32.2. The monoisotopic (exact) mass is 467 g/mol. The van der Waals surface area contributed by atoms with Gasteiger partial charge in [0.05, 0.1) is 11.5 Å². The summed E-state index contributed by atoms with van der Waals surface area (Å²) in [6.07, 6.45) is 0.422. The zero-order chi connectivity index (χ0) is 23.8. The number of aromatic nitrogens is 1. The van der Waals surface area contributed by atoms with Gasteiger partial charge in [-0.3, -0.25) is 4.79 Å². The molecule has 1 aliphatic heterocycles. The van der Waals surface area contributed by atoms with Gasteiger partial charge in [-0.2, -0.15) is 0 Å². The van der Waals surface area contributed by atoms with Crippen molar-refractivity contribution in [2.45, 2.75) is 32.9 Å². The number of nitrogens with zero attached hydrogens (tertiary/aromatic N) is 3. The van der Waals surface area contributed by atoms with Gasteiger partial charge in [-0.25, -0.2) is 8.42 Å². The molecular weight excluding hydrogens is 438 g/mol. The lowest BCUT2D eigenvalue weighted by atomic mass is 10.0. The summed E-state index contributed by atoms with van der Waals surface area (Å²) in [4.78, 5) is 17.1. The Balaban J connectivity index is 1.62. The summed E-state index contributed by atoms with van der Waals surface area (Å²) in [7, 11) is 0.771. The minimum absolute atomic E-state index is 0.0314. The van der Waals surface area contributed by atoms with Crippen molar-refractivity contribution in [2.24, 2.45) is 0 Å². The second-order valence-electron chi connectivity index (χ2n) is 8.93. The molecule has 0 N–H and O–H groups in total. The molecule has 0 spiro atoms. The van der Waals surface area contributed by atoms with Crippen molar-refractivity contribution >= 4 is 21.4 Å². The van der Waals surface area contributed by atoms with Crippen LogP contribution in [-0.2, 0) is 16.4 Å². The van der Waals surface area contributed by atoms with Gasteiger partial charge in [-0.05, 0) is 55.2 Å². The van der Waals surface area contributed by atoms with E-state index >= 15 is 0 Å². The first-order valence-electron chi connectivity index (χ1n) is 10.9. The SMILES string of the molecule is Cc1ccc(-c2cc(C(=O)N(Cc3ccc(N(C)C)cc3)[C@H]3CCS(=O)(=O)C3)no2)cc1C. The molecule has 4 rings (SSSR count). The molecule has 33 heavy (non-hydrogen) atoms. The molecule has 1 fully saturated rings. The summed E-state index contributed by atoms with van der Waals surface area (Å²) >= 11 is 0. The number of anilines is 1. The molecule has 0 saturated carbocycles. The summed E-state index contributed by atoms with van der Waals surface area (Å²) in [5.41, 5.74) is 5.29. The normalized spacial score (nSPS) is 17.2. The summed E-state index contributed by atoms with van der Waals surface area (Å²) < 4.78 is 29.8. The minimum atomic E-state index is -3.16. The van der Waals surface area contributed by atoms with Gasteiger partial charge < -0.3 is 14.3 Å². The van der Waals surface area contributed by atoms with Crippen molar-refractivity contribution in [3.63, 3.8) is 0 Å². The van der Waals surface area contributed by atoms with Crippen LogP contribution in [0, 0.1) is 13.8 Å². The fraction of sp³-hybridized carbons (Fsp3) is 0.360. The van der Waals surface area contributed by atoms with E-state index in [2.05, 4.69) is 5.16 Å². The number of sulfone groups is 1. The number of aryl methyl sites for hydroxylation is 2. The van der Waals surface area contributed by atoms with E-state index < -0.39 is 15.9 Å². The van der Waals surface area contributed by atoms with Crippen molar-refractivity contribution in [3.05, 3.63) is 70.9 Å². The molecule has 7 nitrogen and oxygen atoms in total. The van der Waals surface area contributed by atoms with Crippen LogP contribution < -0.4 is 4.90 Å². The quantitative estimate of drug-likeness (QED) is 0.548. The van der Waals surface area contributed by atoms with Crippen molar-refractivity contribution in [3.8, 4) is 11.3 Å². The van der Waals surface area contributed by atoms with Crippen molar-refractivity contribution in [1.82, 2.24) is 10.1 Å². The van der Waals surface area contributed by atoms with Gasteiger partial charge in [-0.15, -0.1) is 0 Å². The highest BCUT2D eigenvalue weighted by Crippen LogP contribution is 2.26. The Bertz CT molecular complexity index is 1260. The summed E-state index contributed by atoms with van der Waals surface area (Å²) in [6.45, 7) is 4.36. The van der Waals surface area contributed by atoms with Gasteiger partial charge >= 0.3 is 0 Å². The first-order valence-corrected chi connectivity index (χ1v) is 12.8. The molecule has 1 atom stereocenters. The molecule has 174 valence electrons. The molecule has 0 bridgehead atoms. The third-order valence-electron chi connectivity index (χ3n) is 6.24. The third kappa shape index (κ3) is 5.11. The van der Waals surface area contributed by atoms with Crippen LogP contribution in [0.5, 0.6) is 0 Å². The first-order chi connectivity index (χ1) is 15.6. The van der Waals surface area contributed by atoms with E-state index in [0.717, 1.165) is 22.4 Å². The fourth-order valence-electron chi connectivity index (χ4n) is 4.04. The molecule has 1 aromatic heterocycles. The largest absolute Gasteiger partial charge is 0.378 e. The molecule has 3 aromatic rings. The van der Waals surface area contributed by atoms with Crippen molar-refractivity contribution in [2.75, 3.05) is 30.5 Å². The number of amides is 1. The number of benzene rings is 2. The maximum atomic E-state index is 13.5. The van der Waals surface area contributed by atoms with E-state index in [1.54, 1.807) is 11.0 Å². The average Bonchev–Trinajstić information content (AvgIpc) is 3.40. The lowest BCUT2D eigenvalue weighted by Gasteiger charge is -2.27. The van der Waals surface area contributed by atoms with Crippen molar-refractivity contribution in [1.29, 1.82) is 0 Å². The predicted molar refractivity (Wildman–Crippen MR) is 129 cm³/mol. The van der Waals surface area contributed by atoms with E-state index in [9.17, 15) is 13.2 Å². The van der Waals surface area contributed by atoms with Crippen LogP contribution in [-0.4, -0.2) is 56.0 Å². The van der Waals surface area contributed by atoms with Crippen LogP contribution in [0.25, 0.3) is 11.3 Å².